The summed E-state index contributed by atoms with van der Waals surface area (Å²) in [5.41, 5.74) is 1.92. The first kappa shape index (κ1) is 22.9. The van der Waals surface area contributed by atoms with Crippen LogP contribution in [-0.4, -0.2) is 24.1 Å². The van der Waals surface area contributed by atoms with Gasteiger partial charge in [-0.25, -0.2) is 8.42 Å². The van der Waals surface area contributed by atoms with Crippen LogP contribution in [0.3, 0.4) is 0 Å². The fourth-order valence-electron chi connectivity index (χ4n) is 3.01. The summed E-state index contributed by atoms with van der Waals surface area (Å²) >= 11 is 0. The average molecular weight is 421 g/mol. The number of anilines is 2. The van der Waals surface area contributed by atoms with E-state index in [0.717, 1.165) is 5.56 Å². The molecule has 7 nitrogen and oxygen atoms in total. The summed E-state index contributed by atoms with van der Waals surface area (Å²) in [6, 6.07) is 5.09. The zero-order valence-electron chi connectivity index (χ0n) is 18.8. The molecule has 0 fully saturated rings. The number of carbonyl (C=O) groups is 1. The van der Waals surface area contributed by atoms with Crippen molar-refractivity contribution in [2.75, 3.05) is 10.0 Å². The molecule has 0 saturated heterocycles. The van der Waals surface area contributed by atoms with Crippen molar-refractivity contribution in [1.82, 2.24) is 9.78 Å². The van der Waals surface area contributed by atoms with Crippen molar-refractivity contribution in [3.63, 3.8) is 0 Å². The third kappa shape index (κ3) is 4.98. The average Bonchev–Trinajstić information content (AvgIpc) is 2.84. The van der Waals surface area contributed by atoms with Gasteiger partial charge in [0.2, 0.25) is 5.91 Å². The monoisotopic (exact) mass is 420 g/mol. The summed E-state index contributed by atoms with van der Waals surface area (Å²) in [5, 5.41) is 7.30. The number of nitrogens with zero attached hydrogens (tertiary/aromatic N) is 2. The molecule has 2 aromatic rings. The third-order valence-corrected chi connectivity index (χ3v) is 6.18. The molecule has 0 bridgehead atoms. The van der Waals surface area contributed by atoms with Crippen molar-refractivity contribution in [2.45, 2.75) is 72.7 Å². The molecular formula is C21H32N4O3S. The van der Waals surface area contributed by atoms with Gasteiger partial charge in [-0.3, -0.25) is 14.2 Å². The van der Waals surface area contributed by atoms with Gasteiger partial charge in [-0.05, 0) is 59.2 Å². The maximum Gasteiger partial charge on any atom is 0.265 e. The van der Waals surface area contributed by atoms with Crippen molar-refractivity contribution < 1.29 is 13.2 Å². The van der Waals surface area contributed by atoms with Gasteiger partial charge in [0.15, 0.2) is 0 Å². The number of carbonyl (C=O) groups excluding carboxylic acids is 1. The molecule has 0 aliphatic carbocycles. The van der Waals surface area contributed by atoms with Crippen molar-refractivity contribution in [3.05, 3.63) is 35.2 Å². The predicted molar refractivity (Wildman–Crippen MR) is 117 cm³/mol. The zero-order chi connectivity index (χ0) is 22.4. The van der Waals surface area contributed by atoms with Crippen LogP contribution in [0.25, 0.3) is 0 Å². The molecule has 0 atom stereocenters. The zero-order valence-corrected chi connectivity index (χ0v) is 19.6. The number of nitrogens with one attached hydrogen (secondary N) is 2. The van der Waals surface area contributed by atoms with E-state index in [1.165, 1.54) is 0 Å². The van der Waals surface area contributed by atoms with Gasteiger partial charge in [0.05, 0.1) is 22.6 Å². The first-order valence-corrected chi connectivity index (χ1v) is 11.0. The Morgan fingerprint density at radius 3 is 2.10 bits per heavy atom. The van der Waals surface area contributed by atoms with Gasteiger partial charge >= 0.3 is 0 Å². The van der Waals surface area contributed by atoms with Crippen LogP contribution < -0.4 is 10.0 Å². The smallest absolute Gasteiger partial charge is 0.265 e. The quantitative estimate of drug-likeness (QED) is 0.769. The molecule has 0 aliphatic heterocycles. The molecule has 0 aliphatic rings. The third-order valence-electron chi connectivity index (χ3n) is 4.55. The molecule has 2 N–H and O–H groups in total. The second-order valence-electron chi connectivity index (χ2n) is 9.42. The minimum absolute atomic E-state index is 0.140. The molecule has 2 rings (SSSR count). The molecule has 8 heteroatoms. The van der Waals surface area contributed by atoms with E-state index in [0.29, 0.717) is 22.8 Å². The number of sulfonamides is 1. The van der Waals surface area contributed by atoms with E-state index in [1.54, 1.807) is 36.7 Å². The summed E-state index contributed by atoms with van der Waals surface area (Å²) in [7, 11) is -3.85. The van der Waals surface area contributed by atoms with Crippen LogP contribution in [-0.2, 0) is 20.4 Å². The number of aromatic nitrogens is 2. The van der Waals surface area contributed by atoms with Gasteiger partial charge < -0.3 is 5.32 Å². The van der Waals surface area contributed by atoms with Crippen LogP contribution >= 0.6 is 0 Å². The maximum absolute atomic E-state index is 13.1. The van der Waals surface area contributed by atoms with Crippen molar-refractivity contribution in [3.8, 4) is 0 Å². The Hall–Kier alpha value is -2.35. The van der Waals surface area contributed by atoms with Crippen LogP contribution in [0.15, 0.2) is 23.1 Å². The summed E-state index contributed by atoms with van der Waals surface area (Å²) < 4.78 is 30.6. The summed E-state index contributed by atoms with van der Waals surface area (Å²) in [6.45, 7) is 16.7. The number of hydrogen-bond acceptors (Lipinski definition) is 4. The minimum Gasteiger partial charge on any atom is -0.325 e. The highest BCUT2D eigenvalue weighted by atomic mass is 32.2. The Labute approximate surface area is 173 Å². The molecule has 1 aromatic heterocycles. The normalized spacial score (nSPS) is 12.7. The molecule has 1 amide bonds. The van der Waals surface area contributed by atoms with E-state index >= 15 is 0 Å². The molecule has 0 radical (unpaired) electrons. The van der Waals surface area contributed by atoms with Gasteiger partial charge in [-0.1, -0.05) is 26.8 Å². The van der Waals surface area contributed by atoms with Crippen LogP contribution in [0.2, 0.25) is 0 Å². The van der Waals surface area contributed by atoms with Gasteiger partial charge in [-0.15, -0.1) is 0 Å². The lowest BCUT2D eigenvalue weighted by Gasteiger charge is -2.21. The van der Waals surface area contributed by atoms with Crippen LogP contribution in [0.1, 0.15) is 58.5 Å². The lowest BCUT2D eigenvalue weighted by molar-refractivity contribution is -0.123. The standard InChI is InChI=1S/C21H32N4O3S/c1-13-10-11-16(12-17(13)22-19(26)20(4,5)6)24-29(27,28)18-14(2)23-25(15(18)3)21(7,8)9/h10-12,24H,1-9H3,(H,22,26). The number of amides is 1. The Morgan fingerprint density at radius 2 is 1.62 bits per heavy atom. The number of hydrogen-bond donors (Lipinski definition) is 2. The van der Waals surface area contributed by atoms with Gasteiger partial charge in [0.1, 0.15) is 4.90 Å². The largest absolute Gasteiger partial charge is 0.325 e. The summed E-state index contributed by atoms with van der Waals surface area (Å²) in [4.78, 5) is 12.5. The lowest BCUT2D eigenvalue weighted by atomic mass is 9.95. The Kier molecular flexibility index (Phi) is 5.91. The minimum atomic E-state index is -3.85. The first-order chi connectivity index (χ1) is 13.0. The fourth-order valence-corrected chi connectivity index (χ4v) is 4.45. The second kappa shape index (κ2) is 7.48. The highest BCUT2D eigenvalue weighted by Crippen LogP contribution is 2.29. The molecule has 160 valence electrons. The second-order valence-corrected chi connectivity index (χ2v) is 11.0. The van der Waals surface area contributed by atoms with E-state index in [1.807, 2.05) is 48.5 Å². The summed E-state index contributed by atoms with van der Waals surface area (Å²) in [5.74, 6) is -0.140. The van der Waals surface area contributed by atoms with Crippen LogP contribution in [0, 0.1) is 26.2 Å². The molecule has 0 saturated carbocycles. The Balaban J connectivity index is 2.41. The molecule has 1 aromatic carbocycles. The maximum atomic E-state index is 13.1. The lowest BCUT2D eigenvalue weighted by Crippen LogP contribution is -2.28. The molecule has 1 heterocycles. The topological polar surface area (TPSA) is 93.1 Å². The van der Waals surface area contributed by atoms with E-state index in [2.05, 4.69) is 15.1 Å². The van der Waals surface area contributed by atoms with Crippen molar-refractivity contribution in [2.24, 2.45) is 5.41 Å². The van der Waals surface area contributed by atoms with E-state index < -0.39 is 15.4 Å². The molecular weight excluding hydrogens is 388 g/mol. The van der Waals surface area contributed by atoms with E-state index in [-0.39, 0.29) is 16.3 Å². The first-order valence-electron chi connectivity index (χ1n) is 9.55. The fraction of sp³-hybridized carbons (Fsp3) is 0.524. The molecule has 0 spiro atoms. The Bertz CT molecular complexity index is 1040. The van der Waals surface area contributed by atoms with Crippen LogP contribution in [0.4, 0.5) is 11.4 Å². The highest BCUT2D eigenvalue weighted by molar-refractivity contribution is 7.92. The molecule has 0 unspecified atom stereocenters. The SMILES string of the molecule is Cc1ccc(NS(=O)(=O)c2c(C)nn(C(C)(C)C)c2C)cc1NC(=O)C(C)(C)C. The number of aryl methyl sites for hydroxylation is 2. The number of rotatable bonds is 4. The van der Waals surface area contributed by atoms with Gasteiger partial charge in [-0.2, -0.15) is 5.10 Å². The van der Waals surface area contributed by atoms with E-state index in [4.69, 9.17) is 0 Å². The van der Waals surface area contributed by atoms with Crippen LogP contribution in [0.5, 0.6) is 0 Å². The van der Waals surface area contributed by atoms with Gasteiger partial charge in [0.25, 0.3) is 10.0 Å². The van der Waals surface area contributed by atoms with Crippen molar-refractivity contribution >= 4 is 27.3 Å². The highest BCUT2D eigenvalue weighted by Gasteiger charge is 2.29. The summed E-state index contributed by atoms with van der Waals surface area (Å²) in [6.07, 6.45) is 0. The molecule has 29 heavy (non-hydrogen) atoms. The predicted octanol–water partition coefficient (Wildman–Crippen LogP) is 4.35. The van der Waals surface area contributed by atoms with Gasteiger partial charge in [0, 0.05) is 11.1 Å². The Morgan fingerprint density at radius 1 is 1.03 bits per heavy atom. The number of benzene rings is 1. The van der Waals surface area contributed by atoms with E-state index in [9.17, 15) is 13.2 Å². The van der Waals surface area contributed by atoms with Crippen molar-refractivity contribution in [1.29, 1.82) is 0 Å².